The lowest BCUT2D eigenvalue weighted by Crippen LogP contribution is -2.38. The van der Waals surface area contributed by atoms with Crippen LogP contribution in [0.4, 0.5) is 14.9 Å². The molecule has 0 aliphatic carbocycles. The summed E-state index contributed by atoms with van der Waals surface area (Å²) in [4.78, 5) is 37.5. The van der Waals surface area contributed by atoms with Crippen LogP contribution in [-0.2, 0) is 9.59 Å². The molecule has 1 fully saturated rings. The van der Waals surface area contributed by atoms with Crippen molar-refractivity contribution in [3.8, 4) is 5.75 Å². The number of rotatable bonds is 5. The Morgan fingerprint density at radius 2 is 2.07 bits per heavy atom. The summed E-state index contributed by atoms with van der Waals surface area (Å²) < 4.78 is 19.3. The molecule has 2 aromatic carbocycles. The van der Waals surface area contributed by atoms with Gasteiger partial charge < -0.3 is 15.4 Å². The van der Waals surface area contributed by atoms with Crippen molar-refractivity contribution in [1.82, 2.24) is 10.2 Å². The number of urea groups is 1. The molecule has 0 unspecified atom stereocenters. The molecule has 1 aliphatic heterocycles. The molecule has 0 radical (unpaired) electrons. The second kappa shape index (κ2) is 8.62. The maximum absolute atomic E-state index is 13.6. The van der Waals surface area contributed by atoms with Crippen LogP contribution in [0.15, 0.2) is 46.6 Å². The van der Waals surface area contributed by atoms with Crippen molar-refractivity contribution in [2.24, 2.45) is 0 Å². The first kappa shape index (κ1) is 20.8. The number of nitrogens with one attached hydrogen (secondary N) is 2. The first-order valence-electron chi connectivity index (χ1n) is 8.22. The van der Waals surface area contributed by atoms with E-state index in [-0.39, 0.29) is 11.4 Å². The van der Waals surface area contributed by atoms with Crippen molar-refractivity contribution in [2.75, 3.05) is 19.0 Å². The normalized spacial score (nSPS) is 14.9. The van der Waals surface area contributed by atoms with Crippen molar-refractivity contribution >= 4 is 57.1 Å². The van der Waals surface area contributed by atoms with Gasteiger partial charge in [0.15, 0.2) is 5.75 Å². The number of ether oxygens (including phenoxy) is 1. The van der Waals surface area contributed by atoms with Gasteiger partial charge in [-0.25, -0.2) is 14.1 Å². The lowest BCUT2D eigenvalue weighted by Gasteiger charge is -2.12. The van der Waals surface area contributed by atoms with E-state index >= 15 is 0 Å². The summed E-state index contributed by atoms with van der Waals surface area (Å²) in [6.07, 6.45) is 1.42. The molecule has 2 aromatic rings. The average Bonchev–Trinajstić information content (AvgIpc) is 2.91. The largest absolute Gasteiger partial charge is 0.494 e. The number of hydrogen-bond donors (Lipinski definition) is 2. The highest BCUT2D eigenvalue weighted by Gasteiger charge is 2.35. The maximum Gasteiger partial charge on any atom is 0.329 e. The van der Waals surface area contributed by atoms with Crippen LogP contribution in [0.3, 0.4) is 0 Å². The van der Waals surface area contributed by atoms with E-state index in [4.69, 9.17) is 16.3 Å². The highest BCUT2D eigenvalue weighted by Crippen LogP contribution is 2.34. The van der Waals surface area contributed by atoms with Gasteiger partial charge in [0, 0.05) is 0 Å². The highest BCUT2D eigenvalue weighted by molar-refractivity contribution is 9.10. The summed E-state index contributed by atoms with van der Waals surface area (Å²) in [5.41, 5.74) is 0.462. The zero-order valence-electron chi connectivity index (χ0n) is 15.0. The summed E-state index contributed by atoms with van der Waals surface area (Å²) in [6.45, 7) is -0.566. The topological polar surface area (TPSA) is 87.7 Å². The van der Waals surface area contributed by atoms with E-state index in [1.54, 1.807) is 18.2 Å². The van der Waals surface area contributed by atoms with Gasteiger partial charge in [0.1, 0.15) is 18.1 Å². The molecule has 0 atom stereocenters. The van der Waals surface area contributed by atoms with Crippen LogP contribution >= 0.6 is 27.5 Å². The van der Waals surface area contributed by atoms with Crippen LogP contribution in [-0.4, -0.2) is 36.4 Å². The van der Waals surface area contributed by atoms with Gasteiger partial charge in [-0.2, -0.15) is 0 Å². The first-order chi connectivity index (χ1) is 13.8. The fraction of sp³-hybridized carbons (Fsp3) is 0.105. The first-order valence-corrected chi connectivity index (χ1v) is 9.39. The Hall–Kier alpha value is -2.91. The quantitative estimate of drug-likeness (QED) is 0.501. The third-order valence-electron chi connectivity index (χ3n) is 3.95. The molecule has 0 spiro atoms. The number of carbonyl (C=O) groups excluding carboxylic acids is 3. The number of carbonyl (C=O) groups is 3. The van der Waals surface area contributed by atoms with Crippen molar-refractivity contribution in [1.29, 1.82) is 0 Å². The van der Waals surface area contributed by atoms with Gasteiger partial charge in [-0.05, 0) is 51.8 Å². The van der Waals surface area contributed by atoms with Gasteiger partial charge >= 0.3 is 6.03 Å². The average molecular weight is 483 g/mol. The molecule has 1 aliphatic rings. The third-order valence-corrected chi connectivity index (χ3v) is 4.82. The van der Waals surface area contributed by atoms with Crippen LogP contribution < -0.4 is 15.4 Å². The fourth-order valence-electron chi connectivity index (χ4n) is 2.64. The summed E-state index contributed by atoms with van der Waals surface area (Å²) >= 11 is 9.43. The molecule has 0 aromatic heterocycles. The predicted molar refractivity (Wildman–Crippen MR) is 109 cm³/mol. The van der Waals surface area contributed by atoms with Gasteiger partial charge in [0.25, 0.3) is 5.91 Å². The minimum Gasteiger partial charge on any atom is -0.494 e. The van der Waals surface area contributed by atoms with E-state index in [2.05, 4.69) is 26.6 Å². The molecule has 0 bridgehead atoms. The Bertz CT molecular complexity index is 1020. The highest BCUT2D eigenvalue weighted by atomic mass is 79.9. The van der Waals surface area contributed by atoms with Crippen molar-refractivity contribution in [3.05, 3.63) is 63.0 Å². The van der Waals surface area contributed by atoms with E-state index in [0.29, 0.717) is 20.8 Å². The number of amides is 4. The van der Waals surface area contributed by atoms with Crippen LogP contribution in [0.5, 0.6) is 5.75 Å². The molecule has 0 saturated carbocycles. The second-order valence-corrected chi connectivity index (χ2v) is 7.19. The number of para-hydroxylation sites is 1. The minimum atomic E-state index is -0.761. The van der Waals surface area contributed by atoms with Crippen molar-refractivity contribution < 1.29 is 23.5 Å². The van der Waals surface area contributed by atoms with E-state index in [0.717, 1.165) is 4.90 Å². The molecule has 1 heterocycles. The molecule has 1 saturated heterocycles. The number of imide groups is 1. The summed E-state index contributed by atoms with van der Waals surface area (Å²) in [6, 6.07) is 8.03. The number of halogens is 3. The van der Waals surface area contributed by atoms with E-state index in [9.17, 15) is 18.8 Å². The maximum atomic E-state index is 13.6. The van der Waals surface area contributed by atoms with E-state index in [1.807, 2.05) is 0 Å². The summed E-state index contributed by atoms with van der Waals surface area (Å²) in [7, 11) is 1.47. The fourth-order valence-corrected chi connectivity index (χ4v) is 3.69. The van der Waals surface area contributed by atoms with Gasteiger partial charge in [-0.1, -0.05) is 23.7 Å². The molecule has 10 heteroatoms. The Morgan fingerprint density at radius 3 is 2.72 bits per heavy atom. The predicted octanol–water partition coefficient (Wildman–Crippen LogP) is 3.78. The molecule has 4 amide bonds. The second-order valence-electron chi connectivity index (χ2n) is 5.93. The van der Waals surface area contributed by atoms with E-state index < -0.39 is 30.2 Å². The monoisotopic (exact) mass is 481 g/mol. The zero-order valence-corrected chi connectivity index (χ0v) is 17.3. The Morgan fingerprint density at radius 1 is 1.34 bits per heavy atom. The van der Waals surface area contributed by atoms with Gasteiger partial charge in [0.2, 0.25) is 5.91 Å². The number of nitrogens with zero attached hydrogens (tertiary/aromatic N) is 1. The Labute approximate surface area is 178 Å². The van der Waals surface area contributed by atoms with E-state index in [1.165, 1.54) is 31.4 Å². The van der Waals surface area contributed by atoms with Crippen LogP contribution in [0.25, 0.3) is 6.08 Å². The molecule has 29 heavy (non-hydrogen) atoms. The zero-order chi connectivity index (χ0) is 21.1. The van der Waals surface area contributed by atoms with Crippen LogP contribution in [0, 0.1) is 5.82 Å². The number of methoxy groups -OCH3 is 1. The van der Waals surface area contributed by atoms with Crippen molar-refractivity contribution in [3.63, 3.8) is 0 Å². The molecule has 3 rings (SSSR count). The van der Waals surface area contributed by atoms with Crippen LogP contribution in [0.2, 0.25) is 5.02 Å². The third kappa shape index (κ3) is 4.57. The summed E-state index contributed by atoms with van der Waals surface area (Å²) in [5.74, 6) is -1.60. The SMILES string of the molecule is COc1c(Cl)cc(/C=C2/NC(=O)N(CC(=O)Nc3ccccc3F)C2=O)cc1Br. The molecular formula is C19H14BrClFN3O4. The number of anilines is 1. The lowest BCUT2D eigenvalue weighted by molar-refractivity contribution is -0.127. The molecule has 7 nitrogen and oxygen atoms in total. The van der Waals surface area contributed by atoms with Gasteiger partial charge in [0.05, 0.1) is 22.3 Å². The van der Waals surface area contributed by atoms with Gasteiger partial charge in [-0.3, -0.25) is 9.59 Å². The Kier molecular flexibility index (Phi) is 6.19. The standard InChI is InChI=1S/C19H14BrClFN3O4/c1-29-17-11(20)6-10(7-12(17)21)8-15-18(27)25(19(28)24-15)9-16(26)23-14-5-3-2-4-13(14)22/h2-8H,9H2,1H3,(H,23,26)(H,24,28)/b15-8+. The minimum absolute atomic E-state index is 0.0261. The van der Waals surface area contributed by atoms with Gasteiger partial charge in [-0.15, -0.1) is 0 Å². The molecule has 150 valence electrons. The molecule has 2 N–H and O–H groups in total. The van der Waals surface area contributed by atoms with Crippen LogP contribution in [0.1, 0.15) is 5.56 Å². The lowest BCUT2D eigenvalue weighted by atomic mass is 10.2. The summed E-state index contributed by atoms with van der Waals surface area (Å²) in [5, 5.41) is 5.04. The molecular weight excluding hydrogens is 469 g/mol. The Balaban J connectivity index is 1.75. The number of hydrogen-bond acceptors (Lipinski definition) is 4. The number of benzene rings is 2. The van der Waals surface area contributed by atoms with Crippen molar-refractivity contribution in [2.45, 2.75) is 0 Å². The smallest absolute Gasteiger partial charge is 0.329 e.